The van der Waals surface area contributed by atoms with Gasteiger partial charge in [-0.2, -0.15) is 10.4 Å². The van der Waals surface area contributed by atoms with E-state index in [1.807, 2.05) is 6.07 Å². The Morgan fingerprint density at radius 3 is 3.20 bits per heavy atom. The molecule has 1 aromatic heterocycles. The Hall–Kier alpha value is -2.03. The van der Waals surface area contributed by atoms with Crippen LogP contribution in [0.1, 0.15) is 6.42 Å². The van der Waals surface area contributed by atoms with Gasteiger partial charge >= 0.3 is 0 Å². The van der Waals surface area contributed by atoms with Crippen molar-refractivity contribution in [1.29, 1.82) is 5.26 Å². The summed E-state index contributed by atoms with van der Waals surface area (Å²) < 4.78 is 6.73. The molecule has 15 heavy (non-hydrogen) atoms. The van der Waals surface area contributed by atoms with Gasteiger partial charge in [-0.25, -0.2) is 0 Å². The fraction of sp³-hybridized carbons (Fsp3) is 0.444. The molecule has 0 unspecified atom stereocenters. The van der Waals surface area contributed by atoms with Crippen LogP contribution in [0, 0.1) is 11.3 Å². The van der Waals surface area contributed by atoms with Crippen LogP contribution in [-0.4, -0.2) is 28.8 Å². The van der Waals surface area contributed by atoms with Crippen LogP contribution in [0.2, 0.25) is 0 Å². The molecule has 0 saturated carbocycles. The van der Waals surface area contributed by atoms with Crippen molar-refractivity contribution < 1.29 is 9.53 Å². The summed E-state index contributed by atoms with van der Waals surface area (Å²) in [6.07, 6.45) is 3.50. The van der Waals surface area contributed by atoms with Gasteiger partial charge in [0.25, 0.3) is 5.91 Å². The van der Waals surface area contributed by atoms with Gasteiger partial charge in [-0.15, -0.1) is 0 Å². The first-order chi connectivity index (χ1) is 7.22. The van der Waals surface area contributed by atoms with Gasteiger partial charge in [0.05, 0.1) is 24.9 Å². The van der Waals surface area contributed by atoms with Crippen LogP contribution in [0.15, 0.2) is 12.4 Å². The zero-order valence-electron chi connectivity index (χ0n) is 8.43. The van der Waals surface area contributed by atoms with E-state index in [1.54, 1.807) is 17.9 Å². The van der Waals surface area contributed by atoms with Gasteiger partial charge in [0.15, 0.2) is 12.4 Å². The third-order valence-corrected chi connectivity index (χ3v) is 1.61. The van der Waals surface area contributed by atoms with Crippen LogP contribution in [0.4, 0.5) is 0 Å². The average molecular weight is 208 g/mol. The Morgan fingerprint density at radius 1 is 1.80 bits per heavy atom. The first kappa shape index (κ1) is 11.0. The zero-order chi connectivity index (χ0) is 11.1. The molecule has 1 rings (SSSR count). The molecule has 0 saturated heterocycles. The van der Waals surface area contributed by atoms with Crippen molar-refractivity contribution in [3.05, 3.63) is 12.4 Å². The summed E-state index contributed by atoms with van der Waals surface area (Å²) >= 11 is 0. The smallest absolute Gasteiger partial charge is 0.257 e. The maximum absolute atomic E-state index is 11.1. The molecule has 0 aliphatic rings. The quantitative estimate of drug-likeness (QED) is 0.681. The number of aryl methyl sites for hydroxylation is 1. The molecular formula is C9H12N4O2. The summed E-state index contributed by atoms with van der Waals surface area (Å²) in [6.45, 7) is 0.294. The lowest BCUT2D eigenvalue weighted by atomic mass is 10.4. The van der Waals surface area contributed by atoms with E-state index in [9.17, 15) is 4.79 Å². The van der Waals surface area contributed by atoms with Crippen LogP contribution in [-0.2, 0) is 11.8 Å². The second-order valence-electron chi connectivity index (χ2n) is 2.90. The minimum absolute atomic E-state index is 0.0584. The molecule has 1 N–H and O–H groups in total. The first-order valence-electron chi connectivity index (χ1n) is 4.47. The second kappa shape index (κ2) is 5.65. The van der Waals surface area contributed by atoms with E-state index in [4.69, 9.17) is 10.00 Å². The normalized spacial score (nSPS) is 9.33. The van der Waals surface area contributed by atoms with Crippen LogP contribution < -0.4 is 10.1 Å². The number of hydrogen-bond acceptors (Lipinski definition) is 4. The summed E-state index contributed by atoms with van der Waals surface area (Å²) in [5, 5.41) is 14.7. The minimum Gasteiger partial charge on any atom is -0.480 e. The van der Waals surface area contributed by atoms with Crippen molar-refractivity contribution in [2.75, 3.05) is 13.2 Å². The van der Waals surface area contributed by atoms with E-state index in [0.29, 0.717) is 18.7 Å². The van der Waals surface area contributed by atoms with E-state index in [1.165, 1.54) is 6.20 Å². The fourth-order valence-electron chi connectivity index (χ4n) is 0.931. The summed E-state index contributed by atoms with van der Waals surface area (Å²) in [6, 6.07) is 1.93. The van der Waals surface area contributed by atoms with Crippen LogP contribution in [0.5, 0.6) is 5.75 Å². The maximum atomic E-state index is 11.1. The first-order valence-corrected chi connectivity index (χ1v) is 4.47. The molecule has 0 bridgehead atoms. The van der Waals surface area contributed by atoms with Crippen molar-refractivity contribution in [2.45, 2.75) is 6.42 Å². The third-order valence-electron chi connectivity index (χ3n) is 1.61. The van der Waals surface area contributed by atoms with Crippen molar-refractivity contribution in [2.24, 2.45) is 7.05 Å². The SMILES string of the molecule is Cn1cc(OCC(=O)NCCC#N)cn1. The molecule has 6 heteroatoms. The maximum Gasteiger partial charge on any atom is 0.257 e. The number of ether oxygens (including phenoxy) is 1. The molecule has 6 nitrogen and oxygen atoms in total. The van der Waals surface area contributed by atoms with Gasteiger partial charge in [-0.05, 0) is 0 Å². The molecule has 0 aromatic carbocycles. The summed E-state index contributed by atoms with van der Waals surface area (Å²) in [5.74, 6) is 0.307. The molecule has 0 aliphatic heterocycles. The predicted molar refractivity (Wildman–Crippen MR) is 51.9 cm³/mol. The highest BCUT2D eigenvalue weighted by Crippen LogP contribution is 2.05. The van der Waals surface area contributed by atoms with E-state index in [0.717, 1.165) is 0 Å². The number of nitrogens with zero attached hydrogens (tertiary/aromatic N) is 3. The number of rotatable bonds is 5. The molecular weight excluding hydrogens is 196 g/mol. The monoisotopic (exact) mass is 208 g/mol. The summed E-state index contributed by atoms with van der Waals surface area (Å²) in [5.41, 5.74) is 0. The fourth-order valence-corrected chi connectivity index (χ4v) is 0.931. The Morgan fingerprint density at radius 2 is 2.60 bits per heavy atom. The zero-order valence-corrected chi connectivity index (χ0v) is 8.43. The average Bonchev–Trinajstić information content (AvgIpc) is 2.62. The Bertz CT molecular complexity index is 366. The highest BCUT2D eigenvalue weighted by atomic mass is 16.5. The molecule has 0 aliphatic carbocycles. The number of amides is 1. The van der Waals surface area contributed by atoms with Crippen LogP contribution >= 0.6 is 0 Å². The van der Waals surface area contributed by atoms with Gasteiger partial charge in [-0.1, -0.05) is 0 Å². The van der Waals surface area contributed by atoms with Crippen LogP contribution in [0.25, 0.3) is 0 Å². The molecule has 0 atom stereocenters. The number of hydrogen-bond donors (Lipinski definition) is 1. The lowest BCUT2D eigenvalue weighted by Gasteiger charge is -2.03. The third kappa shape index (κ3) is 4.13. The van der Waals surface area contributed by atoms with Gasteiger partial charge in [-0.3, -0.25) is 9.48 Å². The second-order valence-corrected chi connectivity index (χ2v) is 2.90. The number of carbonyl (C=O) groups is 1. The number of nitrogens with one attached hydrogen (secondary N) is 1. The minimum atomic E-state index is -0.242. The molecule has 0 fully saturated rings. The van der Waals surface area contributed by atoms with Crippen molar-refractivity contribution in [3.63, 3.8) is 0 Å². The van der Waals surface area contributed by atoms with Crippen molar-refractivity contribution in [3.8, 4) is 11.8 Å². The predicted octanol–water partition coefficient (Wildman–Crippen LogP) is -0.171. The lowest BCUT2D eigenvalue weighted by Crippen LogP contribution is -2.29. The molecule has 0 radical (unpaired) electrons. The van der Waals surface area contributed by atoms with Gasteiger partial charge in [0, 0.05) is 13.6 Å². The van der Waals surface area contributed by atoms with Gasteiger partial charge in [0.1, 0.15) is 0 Å². The van der Waals surface area contributed by atoms with Gasteiger partial charge < -0.3 is 10.1 Å². The number of aromatic nitrogens is 2. The molecule has 1 aromatic rings. The highest BCUT2D eigenvalue weighted by molar-refractivity contribution is 5.77. The Labute approximate surface area is 87.4 Å². The van der Waals surface area contributed by atoms with Crippen LogP contribution in [0.3, 0.4) is 0 Å². The van der Waals surface area contributed by atoms with E-state index in [2.05, 4.69) is 10.4 Å². The Kier molecular flexibility index (Phi) is 4.16. The van der Waals surface area contributed by atoms with Gasteiger partial charge in [0.2, 0.25) is 0 Å². The van der Waals surface area contributed by atoms with E-state index in [-0.39, 0.29) is 12.5 Å². The molecule has 1 amide bonds. The number of carbonyl (C=O) groups excluding carboxylic acids is 1. The molecule has 1 heterocycles. The summed E-state index contributed by atoms with van der Waals surface area (Å²) in [4.78, 5) is 11.1. The van der Waals surface area contributed by atoms with E-state index >= 15 is 0 Å². The standard InChI is InChI=1S/C9H12N4O2/c1-13-6-8(5-12-13)15-7-9(14)11-4-2-3-10/h5-6H,2,4,7H2,1H3,(H,11,14). The number of nitriles is 1. The van der Waals surface area contributed by atoms with Crippen molar-refractivity contribution in [1.82, 2.24) is 15.1 Å². The van der Waals surface area contributed by atoms with E-state index < -0.39 is 0 Å². The van der Waals surface area contributed by atoms with Crippen molar-refractivity contribution >= 4 is 5.91 Å². The molecule has 0 spiro atoms. The highest BCUT2D eigenvalue weighted by Gasteiger charge is 2.02. The lowest BCUT2D eigenvalue weighted by molar-refractivity contribution is -0.123. The Balaban J connectivity index is 2.20. The largest absolute Gasteiger partial charge is 0.480 e. The molecule has 80 valence electrons. The summed E-state index contributed by atoms with van der Waals surface area (Å²) in [7, 11) is 1.76. The topological polar surface area (TPSA) is 79.9 Å².